The van der Waals surface area contributed by atoms with Gasteiger partial charge in [-0.3, -0.25) is 4.90 Å². The molecule has 1 aliphatic rings. The van der Waals surface area contributed by atoms with Gasteiger partial charge < -0.3 is 5.32 Å². The largest absolute Gasteiger partial charge is 0.318 e. The summed E-state index contributed by atoms with van der Waals surface area (Å²) in [6.07, 6.45) is 4.66. The monoisotopic (exact) mass is 251 g/mol. The van der Waals surface area contributed by atoms with Crippen molar-refractivity contribution in [3.63, 3.8) is 0 Å². The molecular weight excluding hydrogens is 226 g/mol. The van der Waals surface area contributed by atoms with Crippen molar-refractivity contribution in [2.45, 2.75) is 51.7 Å². The topological polar surface area (TPSA) is 46.0 Å². The molecule has 0 spiro atoms. The van der Waals surface area contributed by atoms with E-state index in [1.165, 1.54) is 19.4 Å². The van der Waals surface area contributed by atoms with Crippen molar-refractivity contribution in [2.75, 3.05) is 20.1 Å². The summed E-state index contributed by atoms with van der Waals surface area (Å²) in [7, 11) is 2.02. The second-order valence-corrected chi connectivity index (χ2v) is 6.15. The van der Waals surface area contributed by atoms with Crippen molar-refractivity contribution in [2.24, 2.45) is 0 Å². The Morgan fingerprint density at radius 1 is 1.44 bits per heavy atom. The van der Waals surface area contributed by atoms with E-state index in [0.29, 0.717) is 6.04 Å². The van der Waals surface area contributed by atoms with Gasteiger partial charge in [0.1, 0.15) is 0 Å². The molecule has 2 heterocycles. The summed E-state index contributed by atoms with van der Waals surface area (Å²) < 4.78 is 1.95. The van der Waals surface area contributed by atoms with Gasteiger partial charge in [0.25, 0.3) is 0 Å². The van der Waals surface area contributed by atoms with Crippen LogP contribution in [-0.4, -0.2) is 46.1 Å². The minimum absolute atomic E-state index is 0.0145. The molecule has 0 amide bonds. The fraction of sp³-hybridized carbons (Fsp3) is 0.846. The number of nitrogens with one attached hydrogen (secondary N) is 1. The predicted molar refractivity (Wildman–Crippen MR) is 72.4 cm³/mol. The standard InChI is InChI=1S/C13H25N5/c1-13(2,3)18-10-11(15-16-18)9-17-7-5-6-12(17)8-14-4/h10,12,14H,5-9H2,1-4H3. The van der Waals surface area contributed by atoms with Crippen LogP contribution in [0.2, 0.25) is 0 Å². The van der Waals surface area contributed by atoms with Crippen LogP contribution >= 0.6 is 0 Å². The minimum Gasteiger partial charge on any atom is -0.318 e. The van der Waals surface area contributed by atoms with Crippen LogP contribution in [-0.2, 0) is 12.1 Å². The van der Waals surface area contributed by atoms with Gasteiger partial charge in [-0.1, -0.05) is 5.21 Å². The molecular formula is C13H25N5. The quantitative estimate of drug-likeness (QED) is 0.874. The SMILES string of the molecule is CNCC1CCCN1Cc1cn(C(C)(C)C)nn1. The van der Waals surface area contributed by atoms with Gasteiger partial charge in [0.05, 0.1) is 17.4 Å². The number of likely N-dealkylation sites (tertiary alicyclic amines) is 1. The molecule has 0 saturated carbocycles. The maximum Gasteiger partial charge on any atom is 0.0967 e. The van der Waals surface area contributed by atoms with E-state index in [4.69, 9.17) is 0 Å². The fourth-order valence-electron chi connectivity index (χ4n) is 2.48. The van der Waals surface area contributed by atoms with Crippen molar-refractivity contribution in [3.8, 4) is 0 Å². The number of rotatable bonds is 4. The minimum atomic E-state index is 0.0145. The van der Waals surface area contributed by atoms with Crippen molar-refractivity contribution in [1.82, 2.24) is 25.2 Å². The Bertz CT molecular complexity index is 379. The molecule has 0 aliphatic carbocycles. The number of hydrogen-bond acceptors (Lipinski definition) is 4. The second kappa shape index (κ2) is 5.36. The van der Waals surface area contributed by atoms with E-state index in [2.05, 4.69) is 47.5 Å². The van der Waals surface area contributed by atoms with Gasteiger partial charge in [0, 0.05) is 19.1 Å². The van der Waals surface area contributed by atoms with Crippen LogP contribution in [0.15, 0.2) is 6.20 Å². The Hall–Kier alpha value is -0.940. The molecule has 1 atom stereocenters. The van der Waals surface area contributed by atoms with E-state index in [1.54, 1.807) is 0 Å². The lowest BCUT2D eigenvalue weighted by Crippen LogP contribution is -2.36. The van der Waals surface area contributed by atoms with Gasteiger partial charge in [-0.05, 0) is 47.2 Å². The average molecular weight is 251 g/mol. The van der Waals surface area contributed by atoms with E-state index in [9.17, 15) is 0 Å². The van der Waals surface area contributed by atoms with Crippen LogP contribution < -0.4 is 5.32 Å². The first-order chi connectivity index (χ1) is 8.50. The van der Waals surface area contributed by atoms with Crippen LogP contribution in [0.25, 0.3) is 0 Å². The van der Waals surface area contributed by atoms with Crippen molar-refractivity contribution in [3.05, 3.63) is 11.9 Å². The third-order valence-electron chi connectivity index (χ3n) is 3.53. The molecule has 1 aromatic rings. The first-order valence-corrected chi connectivity index (χ1v) is 6.81. The highest BCUT2D eigenvalue weighted by molar-refractivity contribution is 4.96. The highest BCUT2D eigenvalue weighted by Crippen LogP contribution is 2.19. The molecule has 1 N–H and O–H groups in total. The number of hydrogen-bond donors (Lipinski definition) is 1. The van der Waals surface area contributed by atoms with E-state index in [-0.39, 0.29) is 5.54 Å². The van der Waals surface area contributed by atoms with Gasteiger partial charge in [-0.2, -0.15) is 0 Å². The normalized spacial score (nSPS) is 21.7. The molecule has 0 bridgehead atoms. The highest BCUT2D eigenvalue weighted by Gasteiger charge is 2.25. The number of nitrogens with zero attached hydrogens (tertiary/aromatic N) is 4. The van der Waals surface area contributed by atoms with Gasteiger partial charge in [-0.15, -0.1) is 5.10 Å². The summed E-state index contributed by atoms with van der Waals surface area (Å²) in [5.74, 6) is 0. The summed E-state index contributed by atoms with van der Waals surface area (Å²) in [5, 5.41) is 11.8. The van der Waals surface area contributed by atoms with Crippen molar-refractivity contribution >= 4 is 0 Å². The summed E-state index contributed by atoms with van der Waals surface area (Å²) in [4.78, 5) is 2.51. The van der Waals surface area contributed by atoms with Crippen LogP contribution in [0.4, 0.5) is 0 Å². The zero-order chi connectivity index (χ0) is 13.2. The van der Waals surface area contributed by atoms with Crippen LogP contribution in [0.5, 0.6) is 0 Å². The van der Waals surface area contributed by atoms with Gasteiger partial charge in [0.15, 0.2) is 0 Å². The van der Waals surface area contributed by atoms with Crippen LogP contribution in [0.3, 0.4) is 0 Å². The van der Waals surface area contributed by atoms with E-state index in [1.807, 2.05) is 11.7 Å². The molecule has 0 radical (unpaired) electrons. The molecule has 5 nitrogen and oxygen atoms in total. The Kier molecular flexibility index (Phi) is 4.02. The Labute approximate surface area is 110 Å². The van der Waals surface area contributed by atoms with Crippen LogP contribution in [0, 0.1) is 0 Å². The van der Waals surface area contributed by atoms with Gasteiger partial charge >= 0.3 is 0 Å². The molecule has 1 aromatic heterocycles. The summed E-state index contributed by atoms with van der Waals surface area (Å²) in [5.41, 5.74) is 1.09. The van der Waals surface area contributed by atoms with E-state index >= 15 is 0 Å². The average Bonchev–Trinajstić information content (AvgIpc) is 2.89. The molecule has 5 heteroatoms. The van der Waals surface area contributed by atoms with Crippen LogP contribution in [0.1, 0.15) is 39.3 Å². The van der Waals surface area contributed by atoms with E-state index < -0.39 is 0 Å². The Morgan fingerprint density at radius 3 is 2.83 bits per heavy atom. The Morgan fingerprint density at radius 2 is 2.22 bits per heavy atom. The zero-order valence-corrected chi connectivity index (χ0v) is 12.0. The zero-order valence-electron chi connectivity index (χ0n) is 12.0. The first-order valence-electron chi connectivity index (χ1n) is 6.81. The lowest BCUT2D eigenvalue weighted by Gasteiger charge is -2.23. The van der Waals surface area contributed by atoms with Gasteiger partial charge in [0.2, 0.25) is 0 Å². The summed E-state index contributed by atoms with van der Waals surface area (Å²) in [6.45, 7) is 9.59. The third-order valence-corrected chi connectivity index (χ3v) is 3.53. The maximum atomic E-state index is 4.29. The summed E-state index contributed by atoms with van der Waals surface area (Å²) >= 11 is 0. The molecule has 0 aromatic carbocycles. The predicted octanol–water partition coefficient (Wildman–Crippen LogP) is 1.22. The molecule has 102 valence electrons. The lowest BCUT2D eigenvalue weighted by atomic mass is 10.1. The van der Waals surface area contributed by atoms with Crippen molar-refractivity contribution < 1.29 is 0 Å². The first kappa shape index (κ1) is 13.5. The Balaban J connectivity index is 1.99. The number of aromatic nitrogens is 3. The third kappa shape index (κ3) is 3.09. The molecule has 1 unspecified atom stereocenters. The smallest absolute Gasteiger partial charge is 0.0967 e. The molecule has 2 rings (SSSR count). The highest BCUT2D eigenvalue weighted by atomic mass is 15.4. The molecule has 1 aliphatic heterocycles. The van der Waals surface area contributed by atoms with Crippen molar-refractivity contribution in [1.29, 1.82) is 0 Å². The lowest BCUT2D eigenvalue weighted by molar-refractivity contribution is 0.239. The molecule has 1 saturated heterocycles. The maximum absolute atomic E-state index is 4.29. The number of likely N-dealkylation sites (N-methyl/N-ethyl adjacent to an activating group) is 1. The summed E-state index contributed by atoms with van der Waals surface area (Å²) in [6, 6.07) is 0.648. The fourth-order valence-corrected chi connectivity index (χ4v) is 2.48. The second-order valence-electron chi connectivity index (χ2n) is 6.15. The van der Waals surface area contributed by atoms with Gasteiger partial charge in [-0.25, -0.2) is 4.68 Å². The molecule has 18 heavy (non-hydrogen) atoms. The van der Waals surface area contributed by atoms with E-state index in [0.717, 1.165) is 18.8 Å². The molecule has 1 fully saturated rings.